The van der Waals surface area contributed by atoms with Crippen molar-refractivity contribution in [2.75, 3.05) is 18.4 Å². The third-order valence-electron chi connectivity index (χ3n) is 4.86. The molecule has 1 aromatic carbocycles. The van der Waals surface area contributed by atoms with Crippen LogP contribution < -0.4 is 10.9 Å². The smallest absolute Gasteiger partial charge is 0.250 e. The summed E-state index contributed by atoms with van der Waals surface area (Å²) in [5.41, 5.74) is 1.98. The number of hydrogen-bond acceptors (Lipinski definition) is 2. The number of nitrogens with one attached hydrogen (secondary N) is 1. The molecular weight excluding hydrogens is 325 g/mol. The maximum Gasteiger partial charge on any atom is 0.250 e. The average Bonchev–Trinajstić information content (AvgIpc) is 2.58. The second-order valence-electron chi connectivity index (χ2n) is 6.54. The van der Waals surface area contributed by atoms with Crippen LogP contribution in [-0.2, 0) is 6.54 Å². The first-order valence-corrected chi connectivity index (χ1v) is 8.52. The Morgan fingerprint density at radius 3 is 2.71 bits per heavy atom. The Hall–Kier alpha value is -2.21. The van der Waals surface area contributed by atoms with E-state index < -0.39 is 0 Å². The largest absolute Gasteiger partial charge is 0.348 e. The van der Waals surface area contributed by atoms with E-state index in [-0.39, 0.29) is 11.4 Å². The van der Waals surface area contributed by atoms with Gasteiger partial charge in [-0.1, -0.05) is 6.07 Å². The minimum absolute atomic E-state index is 0.0858. The van der Waals surface area contributed by atoms with E-state index in [0.29, 0.717) is 16.9 Å². The molecule has 4 nitrogen and oxygen atoms in total. The third-order valence-corrected chi connectivity index (χ3v) is 5.22. The molecule has 1 aromatic heterocycles. The predicted octanol–water partition coefficient (Wildman–Crippen LogP) is 2.80. The van der Waals surface area contributed by atoms with Crippen LogP contribution in [0.5, 0.6) is 0 Å². The third kappa shape index (κ3) is 2.82. The number of thiocarbonyl (C=S) groups is 1. The Morgan fingerprint density at radius 2 is 1.92 bits per heavy atom. The molecule has 0 unspecified atom stereocenters. The lowest BCUT2D eigenvalue weighted by atomic mass is 9.83. The lowest BCUT2D eigenvalue weighted by Crippen LogP contribution is -2.50. The zero-order valence-electron chi connectivity index (χ0n) is 13.1. The topological polar surface area (TPSA) is 37.3 Å². The van der Waals surface area contributed by atoms with Crippen molar-refractivity contribution in [3.05, 3.63) is 64.3 Å². The van der Waals surface area contributed by atoms with E-state index in [4.69, 9.17) is 12.2 Å². The molecule has 0 aliphatic carbocycles. The number of fused-ring (bicyclic) bond motifs is 4. The van der Waals surface area contributed by atoms with Crippen molar-refractivity contribution in [3.63, 3.8) is 0 Å². The number of anilines is 1. The molecule has 0 spiro atoms. The summed E-state index contributed by atoms with van der Waals surface area (Å²) in [5, 5.41) is 3.84. The number of halogens is 1. The summed E-state index contributed by atoms with van der Waals surface area (Å²) < 4.78 is 14.9. The number of likely N-dealkylation sites (tertiary alicyclic amines) is 1. The highest BCUT2D eigenvalue weighted by Crippen LogP contribution is 2.35. The fraction of sp³-hybridized carbons (Fsp3) is 0.333. The maximum atomic E-state index is 13.0. The van der Waals surface area contributed by atoms with Gasteiger partial charge in [0, 0.05) is 43.0 Å². The molecule has 124 valence electrons. The van der Waals surface area contributed by atoms with Gasteiger partial charge in [0.25, 0.3) is 5.56 Å². The summed E-state index contributed by atoms with van der Waals surface area (Å²) in [6.07, 6.45) is 1.10. The van der Waals surface area contributed by atoms with Crippen molar-refractivity contribution < 1.29 is 4.39 Å². The predicted molar refractivity (Wildman–Crippen MR) is 95.7 cm³/mol. The second-order valence-corrected chi connectivity index (χ2v) is 6.93. The molecule has 1 N–H and O–H groups in total. The van der Waals surface area contributed by atoms with Crippen LogP contribution in [-0.4, -0.2) is 27.7 Å². The van der Waals surface area contributed by atoms with E-state index in [1.807, 2.05) is 16.7 Å². The summed E-state index contributed by atoms with van der Waals surface area (Å²) in [6.45, 7) is 2.39. The molecular formula is C18H18FN3OS. The Bertz CT molecular complexity index is 833. The van der Waals surface area contributed by atoms with Crippen LogP contribution in [0.3, 0.4) is 0 Å². The van der Waals surface area contributed by atoms with Gasteiger partial charge in [-0.15, -0.1) is 0 Å². The number of rotatable bonds is 1. The van der Waals surface area contributed by atoms with Gasteiger partial charge in [0.05, 0.1) is 0 Å². The number of piperidine rings is 1. The van der Waals surface area contributed by atoms with Crippen molar-refractivity contribution in [1.29, 1.82) is 0 Å². The molecule has 0 radical (unpaired) electrons. The Kier molecular flexibility index (Phi) is 3.84. The molecule has 1 fully saturated rings. The molecule has 1 saturated heterocycles. The van der Waals surface area contributed by atoms with Gasteiger partial charge in [0.2, 0.25) is 0 Å². The van der Waals surface area contributed by atoms with Gasteiger partial charge in [-0.2, -0.15) is 0 Å². The van der Waals surface area contributed by atoms with Gasteiger partial charge in [0.1, 0.15) is 5.82 Å². The lowest BCUT2D eigenvalue weighted by molar-refractivity contribution is 0.180. The number of benzene rings is 1. The molecule has 4 rings (SSSR count). The van der Waals surface area contributed by atoms with E-state index in [2.05, 4.69) is 10.2 Å². The molecule has 3 heterocycles. The zero-order chi connectivity index (χ0) is 16.7. The van der Waals surface area contributed by atoms with Crippen LogP contribution in [0.2, 0.25) is 0 Å². The molecule has 2 bridgehead atoms. The number of pyridine rings is 1. The maximum absolute atomic E-state index is 13.0. The zero-order valence-corrected chi connectivity index (χ0v) is 13.9. The van der Waals surface area contributed by atoms with E-state index >= 15 is 0 Å². The monoisotopic (exact) mass is 343 g/mol. The summed E-state index contributed by atoms with van der Waals surface area (Å²) in [4.78, 5) is 14.2. The van der Waals surface area contributed by atoms with Crippen molar-refractivity contribution in [2.45, 2.75) is 18.9 Å². The second kappa shape index (κ2) is 6.02. The Morgan fingerprint density at radius 1 is 1.12 bits per heavy atom. The van der Waals surface area contributed by atoms with Crippen LogP contribution in [0.4, 0.5) is 10.1 Å². The lowest BCUT2D eigenvalue weighted by Gasteiger charge is -2.43. The summed E-state index contributed by atoms with van der Waals surface area (Å²) in [6, 6.07) is 11.7. The normalized spacial score (nSPS) is 22.0. The van der Waals surface area contributed by atoms with Crippen LogP contribution in [0.15, 0.2) is 47.3 Å². The first kappa shape index (κ1) is 15.3. The molecule has 2 aliphatic heterocycles. The highest BCUT2D eigenvalue weighted by molar-refractivity contribution is 7.80. The minimum Gasteiger partial charge on any atom is -0.348 e. The quantitative estimate of drug-likeness (QED) is 0.808. The van der Waals surface area contributed by atoms with E-state index in [9.17, 15) is 9.18 Å². The van der Waals surface area contributed by atoms with E-state index in [1.165, 1.54) is 12.1 Å². The molecule has 2 atom stereocenters. The van der Waals surface area contributed by atoms with Crippen LogP contribution in [0.1, 0.15) is 18.0 Å². The standard InChI is InChI=1S/C18H18FN3OS/c19-14-4-6-15(7-5-14)20-18(24)21-9-12-8-13(11-21)16-2-1-3-17(23)22(16)10-12/h1-7,12-13H,8-11H2,(H,20,24)/t12-,13+/m0/s1. The average molecular weight is 343 g/mol. The molecule has 0 amide bonds. The number of hydrogen-bond donors (Lipinski definition) is 1. The van der Waals surface area contributed by atoms with Crippen molar-refractivity contribution in [1.82, 2.24) is 9.47 Å². The van der Waals surface area contributed by atoms with Gasteiger partial charge in [-0.25, -0.2) is 4.39 Å². The van der Waals surface area contributed by atoms with Crippen molar-refractivity contribution in [2.24, 2.45) is 5.92 Å². The fourth-order valence-corrected chi connectivity index (χ4v) is 4.06. The van der Waals surface area contributed by atoms with Crippen LogP contribution >= 0.6 is 12.2 Å². The summed E-state index contributed by atoms with van der Waals surface area (Å²) >= 11 is 5.54. The molecule has 0 saturated carbocycles. The van der Waals surface area contributed by atoms with Gasteiger partial charge in [-0.05, 0) is 54.9 Å². The SMILES string of the molecule is O=c1cccc2n1C[C@H]1C[C@@H]2CN(C(=S)Nc2ccc(F)cc2)C1. The fourth-order valence-electron chi connectivity index (χ4n) is 3.80. The van der Waals surface area contributed by atoms with Crippen LogP contribution in [0, 0.1) is 11.7 Å². The van der Waals surface area contributed by atoms with Crippen molar-refractivity contribution >= 4 is 23.0 Å². The van der Waals surface area contributed by atoms with Gasteiger partial charge < -0.3 is 14.8 Å². The first-order valence-electron chi connectivity index (χ1n) is 8.11. The summed E-state index contributed by atoms with van der Waals surface area (Å²) in [5.74, 6) is 0.477. The highest BCUT2D eigenvalue weighted by atomic mass is 32.1. The van der Waals surface area contributed by atoms with Gasteiger partial charge >= 0.3 is 0 Å². The minimum atomic E-state index is -0.263. The Labute approximate surface area is 144 Å². The molecule has 2 aliphatic rings. The van der Waals surface area contributed by atoms with Crippen LogP contribution in [0.25, 0.3) is 0 Å². The van der Waals surface area contributed by atoms with Gasteiger partial charge in [-0.3, -0.25) is 4.79 Å². The highest BCUT2D eigenvalue weighted by Gasteiger charge is 2.35. The number of aromatic nitrogens is 1. The van der Waals surface area contributed by atoms with E-state index in [0.717, 1.165) is 37.4 Å². The first-order chi connectivity index (χ1) is 11.6. The Balaban J connectivity index is 1.52. The van der Waals surface area contributed by atoms with Crippen molar-refractivity contribution in [3.8, 4) is 0 Å². The molecule has 2 aromatic rings. The van der Waals surface area contributed by atoms with Gasteiger partial charge in [0.15, 0.2) is 5.11 Å². The summed E-state index contributed by atoms with van der Waals surface area (Å²) in [7, 11) is 0. The molecule has 24 heavy (non-hydrogen) atoms. The molecule has 6 heteroatoms. The number of nitrogens with zero attached hydrogens (tertiary/aromatic N) is 2. The van der Waals surface area contributed by atoms with E-state index in [1.54, 1.807) is 18.2 Å².